The van der Waals surface area contributed by atoms with Crippen LogP contribution < -0.4 is 9.80 Å². The SMILES string of the molecule is CC1(C)c2ccccc2-c2c(N(c3ccc(-c4ccccc4)cc3)c3ccc(N(c4ccccc4)c4ccc5ccccc5c4-c4ccccc4)cc3)cccc21. The molecule has 0 aliphatic heterocycles. The van der Waals surface area contributed by atoms with Crippen LogP contribution in [0, 0.1) is 0 Å². The number of benzene rings is 9. The van der Waals surface area contributed by atoms with E-state index in [1.807, 2.05) is 0 Å². The zero-order chi connectivity index (χ0) is 38.3. The summed E-state index contributed by atoms with van der Waals surface area (Å²) in [7, 11) is 0. The molecule has 0 N–H and O–H groups in total. The van der Waals surface area contributed by atoms with Crippen LogP contribution in [0.2, 0.25) is 0 Å². The smallest absolute Gasteiger partial charge is 0.0546 e. The Hall–Kier alpha value is -7.16. The Bertz CT molecular complexity index is 2840. The van der Waals surface area contributed by atoms with Crippen LogP contribution in [0.4, 0.5) is 34.1 Å². The van der Waals surface area contributed by atoms with E-state index in [2.05, 4.69) is 242 Å². The predicted molar refractivity (Wildman–Crippen MR) is 242 cm³/mol. The number of anilines is 6. The summed E-state index contributed by atoms with van der Waals surface area (Å²) < 4.78 is 0. The molecule has 0 aromatic heterocycles. The lowest BCUT2D eigenvalue weighted by molar-refractivity contribution is 0.660. The first-order valence-corrected chi connectivity index (χ1v) is 19.8. The van der Waals surface area contributed by atoms with E-state index in [0.29, 0.717) is 0 Å². The van der Waals surface area contributed by atoms with Crippen molar-refractivity contribution < 1.29 is 0 Å². The summed E-state index contributed by atoms with van der Waals surface area (Å²) in [4.78, 5) is 4.84. The van der Waals surface area contributed by atoms with Gasteiger partial charge in [0, 0.05) is 39.3 Å². The second-order valence-corrected chi connectivity index (χ2v) is 15.4. The van der Waals surface area contributed by atoms with Crippen LogP contribution in [-0.4, -0.2) is 0 Å². The van der Waals surface area contributed by atoms with Gasteiger partial charge < -0.3 is 9.80 Å². The highest BCUT2D eigenvalue weighted by Crippen LogP contribution is 2.54. The summed E-state index contributed by atoms with van der Waals surface area (Å²) in [5.41, 5.74) is 16.7. The third kappa shape index (κ3) is 5.98. The van der Waals surface area contributed by atoms with Crippen LogP contribution >= 0.6 is 0 Å². The van der Waals surface area contributed by atoms with Crippen molar-refractivity contribution in [1.82, 2.24) is 0 Å². The molecule has 272 valence electrons. The Labute approximate surface area is 335 Å². The Morgan fingerprint density at radius 1 is 0.316 bits per heavy atom. The molecule has 0 atom stereocenters. The molecular formula is C55H42N2. The van der Waals surface area contributed by atoms with E-state index in [4.69, 9.17) is 0 Å². The van der Waals surface area contributed by atoms with E-state index in [-0.39, 0.29) is 5.41 Å². The Morgan fingerprint density at radius 2 is 0.789 bits per heavy atom. The van der Waals surface area contributed by atoms with Gasteiger partial charge in [0.2, 0.25) is 0 Å². The molecular weight excluding hydrogens is 689 g/mol. The fourth-order valence-electron chi connectivity index (χ4n) is 8.89. The molecule has 57 heavy (non-hydrogen) atoms. The third-order valence-electron chi connectivity index (χ3n) is 11.6. The fourth-order valence-corrected chi connectivity index (χ4v) is 8.89. The summed E-state index contributed by atoms with van der Waals surface area (Å²) in [6.07, 6.45) is 0. The van der Waals surface area contributed by atoms with Crippen molar-refractivity contribution in [3.63, 3.8) is 0 Å². The molecule has 9 aromatic rings. The number of rotatable bonds is 8. The average molecular weight is 731 g/mol. The maximum Gasteiger partial charge on any atom is 0.0546 e. The standard InChI is InChI=1S/C55H42N2/c1-55(2)49-26-15-14-25-48(49)54-50(55)27-16-28-51(54)57(44-32-29-40(30-33-44)39-17-6-3-7-18-39)46-36-34-45(35-37-46)56(43-22-10-5-11-23-43)52-38-31-41-19-12-13-24-47(41)53(52)42-20-8-4-9-21-42/h3-38H,1-2H3. The molecule has 0 fully saturated rings. The summed E-state index contributed by atoms with van der Waals surface area (Å²) in [5.74, 6) is 0. The van der Waals surface area contributed by atoms with E-state index < -0.39 is 0 Å². The molecule has 2 nitrogen and oxygen atoms in total. The first-order valence-electron chi connectivity index (χ1n) is 19.8. The zero-order valence-corrected chi connectivity index (χ0v) is 32.2. The summed E-state index contributed by atoms with van der Waals surface area (Å²) in [6.45, 7) is 4.70. The minimum absolute atomic E-state index is 0.110. The Balaban J connectivity index is 1.15. The number of para-hydroxylation sites is 1. The summed E-state index contributed by atoms with van der Waals surface area (Å²) in [6, 6.07) is 79.2. The van der Waals surface area contributed by atoms with Crippen molar-refractivity contribution in [3.8, 4) is 33.4 Å². The Kier molecular flexibility index (Phi) is 8.53. The topological polar surface area (TPSA) is 6.48 Å². The molecule has 10 rings (SSSR count). The average Bonchev–Trinajstić information content (AvgIpc) is 3.52. The van der Waals surface area contributed by atoms with Gasteiger partial charge in [-0.15, -0.1) is 0 Å². The van der Waals surface area contributed by atoms with Crippen molar-refractivity contribution >= 4 is 44.9 Å². The molecule has 0 saturated carbocycles. The van der Waals surface area contributed by atoms with E-state index in [0.717, 1.165) is 28.4 Å². The monoisotopic (exact) mass is 730 g/mol. The lowest BCUT2D eigenvalue weighted by Crippen LogP contribution is -2.16. The quantitative estimate of drug-likeness (QED) is 0.154. The van der Waals surface area contributed by atoms with Crippen LogP contribution in [0.3, 0.4) is 0 Å². The number of hydrogen-bond acceptors (Lipinski definition) is 2. The lowest BCUT2D eigenvalue weighted by atomic mass is 9.82. The van der Waals surface area contributed by atoms with Crippen LogP contribution in [0.15, 0.2) is 218 Å². The molecule has 2 heteroatoms. The fraction of sp³-hybridized carbons (Fsp3) is 0.0545. The van der Waals surface area contributed by atoms with E-state index in [1.54, 1.807) is 0 Å². The summed E-state index contributed by atoms with van der Waals surface area (Å²) >= 11 is 0. The normalized spacial score (nSPS) is 12.5. The Morgan fingerprint density at radius 3 is 1.46 bits per heavy atom. The van der Waals surface area contributed by atoms with E-state index in [1.165, 1.54) is 61.0 Å². The molecule has 9 aromatic carbocycles. The molecule has 1 aliphatic rings. The maximum atomic E-state index is 2.44. The van der Waals surface area contributed by atoms with Crippen LogP contribution in [0.1, 0.15) is 25.0 Å². The van der Waals surface area contributed by atoms with Gasteiger partial charge in [0.15, 0.2) is 0 Å². The highest BCUT2D eigenvalue weighted by molar-refractivity contribution is 6.05. The molecule has 0 amide bonds. The van der Waals surface area contributed by atoms with Gasteiger partial charge in [-0.1, -0.05) is 172 Å². The molecule has 0 unspecified atom stereocenters. The van der Waals surface area contributed by atoms with E-state index >= 15 is 0 Å². The molecule has 1 aliphatic carbocycles. The van der Waals surface area contributed by atoms with Gasteiger partial charge in [0.1, 0.15) is 0 Å². The number of hydrogen-bond donors (Lipinski definition) is 0. The minimum Gasteiger partial charge on any atom is -0.310 e. The molecule has 0 heterocycles. The van der Waals surface area contributed by atoms with Gasteiger partial charge in [-0.3, -0.25) is 0 Å². The van der Waals surface area contributed by atoms with Gasteiger partial charge in [-0.2, -0.15) is 0 Å². The van der Waals surface area contributed by atoms with Crippen molar-refractivity contribution in [2.45, 2.75) is 19.3 Å². The zero-order valence-electron chi connectivity index (χ0n) is 32.2. The molecule has 0 radical (unpaired) electrons. The first kappa shape index (κ1) is 34.3. The number of fused-ring (bicyclic) bond motifs is 4. The van der Waals surface area contributed by atoms with Gasteiger partial charge in [-0.25, -0.2) is 0 Å². The van der Waals surface area contributed by atoms with Crippen LogP contribution in [0.25, 0.3) is 44.2 Å². The van der Waals surface area contributed by atoms with E-state index in [9.17, 15) is 0 Å². The third-order valence-corrected chi connectivity index (χ3v) is 11.6. The van der Waals surface area contributed by atoms with Crippen LogP contribution in [-0.2, 0) is 5.41 Å². The van der Waals surface area contributed by atoms with Crippen LogP contribution in [0.5, 0.6) is 0 Å². The van der Waals surface area contributed by atoms with Gasteiger partial charge in [-0.05, 0) is 105 Å². The molecule has 0 bridgehead atoms. The highest BCUT2D eigenvalue weighted by atomic mass is 15.2. The maximum absolute atomic E-state index is 2.44. The van der Waals surface area contributed by atoms with Crippen molar-refractivity contribution in [2.75, 3.05) is 9.80 Å². The predicted octanol–water partition coefficient (Wildman–Crippen LogP) is 15.4. The van der Waals surface area contributed by atoms with Crippen molar-refractivity contribution in [3.05, 3.63) is 230 Å². The largest absolute Gasteiger partial charge is 0.310 e. The second kappa shape index (κ2) is 14.2. The molecule has 0 spiro atoms. The van der Waals surface area contributed by atoms with Crippen molar-refractivity contribution in [1.29, 1.82) is 0 Å². The van der Waals surface area contributed by atoms with Gasteiger partial charge in [0.25, 0.3) is 0 Å². The van der Waals surface area contributed by atoms with Gasteiger partial charge in [0.05, 0.1) is 11.4 Å². The minimum atomic E-state index is -0.110. The van der Waals surface area contributed by atoms with Crippen molar-refractivity contribution in [2.24, 2.45) is 0 Å². The summed E-state index contributed by atoms with van der Waals surface area (Å²) in [5, 5.41) is 2.45. The number of nitrogens with zero attached hydrogens (tertiary/aromatic N) is 2. The molecule has 0 saturated heterocycles. The second-order valence-electron chi connectivity index (χ2n) is 15.4. The first-order chi connectivity index (χ1) is 28.1. The lowest BCUT2D eigenvalue weighted by Gasteiger charge is -2.31. The highest BCUT2D eigenvalue weighted by Gasteiger charge is 2.37. The van der Waals surface area contributed by atoms with Gasteiger partial charge >= 0.3 is 0 Å².